The average molecular weight is 407 g/mol. The van der Waals surface area contributed by atoms with Crippen LogP contribution in [-0.2, 0) is 0 Å². The van der Waals surface area contributed by atoms with E-state index in [1.165, 1.54) is 65.5 Å². The van der Waals surface area contributed by atoms with Crippen LogP contribution in [0.4, 0.5) is 0 Å². The molecule has 0 N–H and O–H groups in total. The molecule has 156 valence electrons. The van der Waals surface area contributed by atoms with Crippen molar-refractivity contribution in [3.05, 3.63) is 99.6 Å². The van der Waals surface area contributed by atoms with E-state index in [9.17, 15) is 0 Å². The Morgan fingerprint density at radius 3 is 1.84 bits per heavy atom. The predicted molar refractivity (Wildman–Crippen MR) is 128 cm³/mol. The second-order valence-electron chi connectivity index (χ2n) is 8.82. The predicted octanol–water partition coefficient (Wildman–Crippen LogP) is 7.39. The van der Waals surface area contributed by atoms with Crippen LogP contribution in [0, 0.1) is 12.3 Å². The molecule has 0 fully saturated rings. The van der Waals surface area contributed by atoms with Crippen LogP contribution in [0.1, 0.15) is 96.2 Å². The summed E-state index contributed by atoms with van der Waals surface area (Å²) in [5.74, 6) is 4.37. The van der Waals surface area contributed by atoms with Gasteiger partial charge in [0.05, 0.1) is 6.61 Å². The molecule has 3 aromatic carbocycles. The van der Waals surface area contributed by atoms with E-state index in [4.69, 9.17) is 11.2 Å². The van der Waals surface area contributed by atoms with Gasteiger partial charge in [0.1, 0.15) is 5.75 Å². The second-order valence-corrected chi connectivity index (χ2v) is 8.82. The van der Waals surface area contributed by atoms with Crippen LogP contribution in [0.25, 0.3) is 0 Å². The molecule has 0 saturated carbocycles. The third-order valence-corrected chi connectivity index (χ3v) is 6.97. The van der Waals surface area contributed by atoms with E-state index in [2.05, 4.69) is 73.5 Å². The highest BCUT2D eigenvalue weighted by Crippen LogP contribution is 2.58. The van der Waals surface area contributed by atoms with Crippen LogP contribution in [-0.4, -0.2) is 6.61 Å². The first kappa shape index (κ1) is 20.0. The summed E-state index contributed by atoms with van der Waals surface area (Å²) in [6.45, 7) is 3.03. The lowest BCUT2D eigenvalue weighted by atomic mass is 9.60. The smallest absolute Gasteiger partial charge is 0.123 e. The van der Waals surface area contributed by atoms with E-state index in [1.54, 1.807) is 0 Å². The van der Waals surface area contributed by atoms with Gasteiger partial charge in [-0.1, -0.05) is 93.5 Å². The minimum atomic E-state index is 0.191. The number of ether oxygens (including phenoxy) is 1. The molecule has 31 heavy (non-hydrogen) atoms. The normalized spacial score (nSPS) is 17.4. The zero-order valence-corrected chi connectivity index (χ0v) is 18.4. The number of rotatable bonds is 8. The maximum absolute atomic E-state index is 6.42. The fourth-order valence-corrected chi connectivity index (χ4v) is 5.57. The summed E-state index contributed by atoms with van der Waals surface area (Å²) in [5, 5.41) is 0. The van der Waals surface area contributed by atoms with Crippen molar-refractivity contribution in [2.75, 3.05) is 6.61 Å². The van der Waals surface area contributed by atoms with Crippen LogP contribution in [0.15, 0.2) is 60.7 Å². The quantitative estimate of drug-likeness (QED) is 0.193. The van der Waals surface area contributed by atoms with Gasteiger partial charge in [-0.15, -0.1) is 6.42 Å². The van der Waals surface area contributed by atoms with Crippen molar-refractivity contribution in [2.24, 2.45) is 0 Å². The Morgan fingerprint density at radius 1 is 0.710 bits per heavy atom. The molecule has 3 aliphatic carbocycles. The van der Waals surface area contributed by atoms with Gasteiger partial charge < -0.3 is 4.74 Å². The fraction of sp³-hybridized carbons (Fsp3) is 0.333. The standard InChI is InChI=1S/C30H30O/c1-3-5-6-7-8-13-20-31-26-19-18-21(4-2)27-28-22-14-9-11-16-24(22)29(30(26)27)25-17-12-10-15-23(25)28/h2,9-12,14-19,28-29H,3,5-8,13,20H2,1H3. The van der Waals surface area contributed by atoms with Gasteiger partial charge in [-0.05, 0) is 46.4 Å². The zero-order valence-electron chi connectivity index (χ0n) is 18.4. The van der Waals surface area contributed by atoms with E-state index in [-0.39, 0.29) is 11.8 Å². The van der Waals surface area contributed by atoms with E-state index < -0.39 is 0 Å². The second kappa shape index (κ2) is 8.64. The first-order valence-electron chi connectivity index (χ1n) is 11.8. The summed E-state index contributed by atoms with van der Waals surface area (Å²) in [4.78, 5) is 0. The highest BCUT2D eigenvalue weighted by Gasteiger charge is 2.43. The van der Waals surface area contributed by atoms with Crippen LogP contribution >= 0.6 is 0 Å². The van der Waals surface area contributed by atoms with Crippen LogP contribution in [0.5, 0.6) is 5.75 Å². The highest BCUT2D eigenvalue weighted by atomic mass is 16.5. The Bertz CT molecular complexity index is 1090. The minimum Gasteiger partial charge on any atom is -0.493 e. The van der Waals surface area contributed by atoms with Crippen LogP contribution < -0.4 is 4.74 Å². The molecule has 2 bridgehead atoms. The number of benzene rings is 3. The van der Waals surface area contributed by atoms with Crippen molar-refractivity contribution < 1.29 is 4.74 Å². The highest BCUT2D eigenvalue weighted by molar-refractivity contribution is 5.73. The SMILES string of the molecule is C#Cc1ccc(OCCCCCCCC)c2c1C1c3ccccc3C2c2ccccc21. The Morgan fingerprint density at radius 2 is 1.26 bits per heavy atom. The van der Waals surface area contributed by atoms with E-state index in [1.807, 2.05) is 0 Å². The Labute approximate surface area is 186 Å². The molecule has 3 aromatic rings. The fourth-order valence-electron chi connectivity index (χ4n) is 5.57. The van der Waals surface area contributed by atoms with Gasteiger partial charge in [-0.2, -0.15) is 0 Å². The summed E-state index contributed by atoms with van der Waals surface area (Å²) in [6.07, 6.45) is 13.6. The first-order chi connectivity index (χ1) is 15.3. The molecule has 3 aliphatic rings. The first-order valence-corrected chi connectivity index (χ1v) is 11.8. The van der Waals surface area contributed by atoms with Gasteiger partial charge in [0.25, 0.3) is 0 Å². The summed E-state index contributed by atoms with van der Waals surface area (Å²) in [5.41, 5.74) is 9.16. The third kappa shape index (κ3) is 3.35. The topological polar surface area (TPSA) is 9.23 Å². The molecule has 0 unspecified atom stereocenters. The van der Waals surface area contributed by atoms with Gasteiger partial charge in [-0.3, -0.25) is 0 Å². The number of hydrogen-bond acceptors (Lipinski definition) is 1. The largest absolute Gasteiger partial charge is 0.493 e. The molecule has 0 saturated heterocycles. The summed E-state index contributed by atoms with van der Waals surface area (Å²) >= 11 is 0. The summed E-state index contributed by atoms with van der Waals surface area (Å²) < 4.78 is 6.42. The number of terminal acetylenes is 1. The number of hydrogen-bond donors (Lipinski definition) is 0. The number of unbranched alkanes of at least 4 members (excludes halogenated alkanes) is 5. The Balaban J connectivity index is 1.51. The molecule has 0 atom stereocenters. The molecule has 1 heteroatoms. The molecule has 6 rings (SSSR count). The third-order valence-electron chi connectivity index (χ3n) is 6.97. The van der Waals surface area contributed by atoms with Crippen LogP contribution in [0.2, 0.25) is 0 Å². The molecule has 0 amide bonds. The molecule has 0 radical (unpaired) electrons. The molecule has 0 heterocycles. The average Bonchev–Trinajstić information content (AvgIpc) is 2.83. The minimum absolute atomic E-state index is 0.191. The van der Waals surface area contributed by atoms with Crippen molar-refractivity contribution in [3.8, 4) is 18.1 Å². The lowest BCUT2D eigenvalue weighted by Crippen LogP contribution is -2.29. The lowest BCUT2D eigenvalue weighted by Gasteiger charge is -2.43. The molecule has 0 aromatic heterocycles. The Kier molecular flexibility index (Phi) is 5.56. The van der Waals surface area contributed by atoms with E-state index in [0.29, 0.717) is 0 Å². The van der Waals surface area contributed by atoms with Crippen molar-refractivity contribution in [3.63, 3.8) is 0 Å². The van der Waals surface area contributed by atoms with Crippen molar-refractivity contribution in [2.45, 2.75) is 57.3 Å². The molecular weight excluding hydrogens is 376 g/mol. The Hall–Kier alpha value is -2.98. The van der Waals surface area contributed by atoms with Gasteiger partial charge in [0.15, 0.2) is 0 Å². The van der Waals surface area contributed by atoms with E-state index >= 15 is 0 Å². The maximum atomic E-state index is 6.42. The van der Waals surface area contributed by atoms with Crippen LogP contribution in [0.3, 0.4) is 0 Å². The van der Waals surface area contributed by atoms with Gasteiger partial charge in [-0.25, -0.2) is 0 Å². The van der Waals surface area contributed by atoms with Crippen molar-refractivity contribution >= 4 is 0 Å². The van der Waals surface area contributed by atoms with Gasteiger partial charge in [0.2, 0.25) is 0 Å². The summed E-state index contributed by atoms with van der Waals surface area (Å²) in [7, 11) is 0. The molecular formula is C30H30O. The monoisotopic (exact) mass is 406 g/mol. The molecule has 1 nitrogen and oxygen atoms in total. The maximum Gasteiger partial charge on any atom is 0.123 e. The zero-order chi connectivity index (χ0) is 21.2. The summed E-state index contributed by atoms with van der Waals surface area (Å²) in [6, 6.07) is 21.9. The molecule has 0 aliphatic heterocycles. The van der Waals surface area contributed by atoms with Gasteiger partial charge in [0, 0.05) is 23.0 Å². The van der Waals surface area contributed by atoms with Gasteiger partial charge >= 0.3 is 0 Å². The lowest BCUT2D eigenvalue weighted by molar-refractivity contribution is 0.300. The molecule has 0 spiro atoms. The van der Waals surface area contributed by atoms with Crippen molar-refractivity contribution in [1.82, 2.24) is 0 Å². The van der Waals surface area contributed by atoms with Crippen molar-refractivity contribution in [1.29, 1.82) is 0 Å². The van der Waals surface area contributed by atoms with E-state index in [0.717, 1.165) is 24.3 Å².